The molecule has 0 saturated heterocycles. The van der Waals surface area contributed by atoms with Crippen molar-refractivity contribution in [3.05, 3.63) is 126 Å². The van der Waals surface area contributed by atoms with Crippen LogP contribution in [-0.4, -0.2) is 52.9 Å². The van der Waals surface area contributed by atoms with E-state index in [1.165, 1.54) is 9.58 Å². The number of methoxy groups -OCH3 is 1. The van der Waals surface area contributed by atoms with Gasteiger partial charge in [0.1, 0.15) is 24.0 Å². The number of ether oxygens (including phenoxy) is 1. The standard InChI is InChI=1S/C35H34N6O4/c1-24-13-15-26(16-14-24)34(43)37-30-12-8-7-11-29(30)32-22-41(39-38-32)23-33(42)36-31(21-25-9-5-4-6-10-25)35(44)40(2)27-17-19-28(45-3)20-18-27/h4-20,22,31H,21,23H2,1-3H3,(H,36,42)(H,37,43)/t31-/m0/s1. The number of para-hydroxylation sites is 1. The quantitative estimate of drug-likeness (QED) is 0.222. The number of anilines is 2. The third kappa shape index (κ3) is 7.80. The Kier molecular flexibility index (Phi) is 9.64. The summed E-state index contributed by atoms with van der Waals surface area (Å²) in [5.41, 5.74) is 4.88. The normalized spacial score (nSPS) is 11.4. The Morgan fingerprint density at radius 1 is 0.889 bits per heavy atom. The minimum Gasteiger partial charge on any atom is -0.497 e. The fourth-order valence-electron chi connectivity index (χ4n) is 4.82. The molecule has 45 heavy (non-hydrogen) atoms. The minimum atomic E-state index is -0.826. The monoisotopic (exact) mass is 602 g/mol. The number of nitrogens with one attached hydrogen (secondary N) is 2. The number of aromatic nitrogens is 3. The van der Waals surface area contributed by atoms with E-state index in [1.807, 2.05) is 67.6 Å². The molecule has 2 N–H and O–H groups in total. The van der Waals surface area contributed by atoms with Crippen molar-refractivity contribution in [2.45, 2.75) is 25.9 Å². The number of benzene rings is 4. The molecule has 0 aliphatic carbocycles. The van der Waals surface area contributed by atoms with Gasteiger partial charge in [-0.05, 0) is 55.0 Å². The summed E-state index contributed by atoms with van der Waals surface area (Å²) in [6, 6.07) is 30.4. The fourth-order valence-corrected chi connectivity index (χ4v) is 4.82. The van der Waals surface area contributed by atoms with Crippen molar-refractivity contribution in [3.8, 4) is 17.0 Å². The van der Waals surface area contributed by atoms with Crippen molar-refractivity contribution in [3.63, 3.8) is 0 Å². The molecule has 0 radical (unpaired) electrons. The van der Waals surface area contributed by atoms with E-state index < -0.39 is 11.9 Å². The lowest BCUT2D eigenvalue weighted by Crippen LogP contribution is -2.49. The number of hydrogen-bond acceptors (Lipinski definition) is 6. The molecule has 0 bridgehead atoms. The number of hydrogen-bond donors (Lipinski definition) is 2. The second-order valence-electron chi connectivity index (χ2n) is 10.6. The molecular weight excluding hydrogens is 568 g/mol. The molecule has 3 amide bonds. The summed E-state index contributed by atoms with van der Waals surface area (Å²) in [6.07, 6.45) is 1.94. The van der Waals surface area contributed by atoms with E-state index in [4.69, 9.17) is 4.74 Å². The lowest BCUT2D eigenvalue weighted by atomic mass is 10.0. The van der Waals surface area contributed by atoms with E-state index in [1.54, 1.807) is 62.8 Å². The average Bonchev–Trinajstić information content (AvgIpc) is 3.52. The molecule has 0 spiro atoms. The van der Waals surface area contributed by atoms with Gasteiger partial charge in [-0.25, -0.2) is 4.68 Å². The van der Waals surface area contributed by atoms with Crippen molar-refractivity contribution in [1.82, 2.24) is 20.3 Å². The predicted octanol–water partition coefficient (Wildman–Crippen LogP) is 4.90. The van der Waals surface area contributed by atoms with Crippen LogP contribution in [0.4, 0.5) is 11.4 Å². The van der Waals surface area contributed by atoms with Gasteiger partial charge in [-0.1, -0.05) is 71.4 Å². The van der Waals surface area contributed by atoms with Crippen LogP contribution in [0, 0.1) is 6.92 Å². The van der Waals surface area contributed by atoms with E-state index in [0.29, 0.717) is 40.4 Å². The highest BCUT2D eigenvalue weighted by molar-refractivity contribution is 6.06. The molecule has 0 unspecified atom stereocenters. The Hall–Kier alpha value is -5.77. The first kappa shape index (κ1) is 30.7. The molecule has 5 rings (SSSR count). The Morgan fingerprint density at radius 3 is 2.29 bits per heavy atom. The summed E-state index contributed by atoms with van der Waals surface area (Å²) >= 11 is 0. The highest BCUT2D eigenvalue weighted by Crippen LogP contribution is 2.26. The van der Waals surface area contributed by atoms with E-state index in [-0.39, 0.29) is 18.4 Å². The molecule has 10 nitrogen and oxygen atoms in total. The van der Waals surface area contributed by atoms with Crippen molar-refractivity contribution in [1.29, 1.82) is 0 Å². The van der Waals surface area contributed by atoms with Crippen LogP contribution in [0.3, 0.4) is 0 Å². The molecule has 10 heteroatoms. The first-order valence-corrected chi connectivity index (χ1v) is 14.4. The molecule has 1 heterocycles. The Morgan fingerprint density at radius 2 is 1.58 bits per heavy atom. The summed E-state index contributed by atoms with van der Waals surface area (Å²) in [7, 11) is 3.25. The lowest BCUT2D eigenvalue weighted by Gasteiger charge is -2.25. The van der Waals surface area contributed by atoms with Crippen molar-refractivity contribution < 1.29 is 19.1 Å². The van der Waals surface area contributed by atoms with E-state index in [9.17, 15) is 14.4 Å². The predicted molar refractivity (Wildman–Crippen MR) is 173 cm³/mol. The van der Waals surface area contributed by atoms with Crippen LogP contribution in [0.25, 0.3) is 11.3 Å². The first-order valence-electron chi connectivity index (χ1n) is 14.4. The zero-order chi connectivity index (χ0) is 31.8. The van der Waals surface area contributed by atoms with Crippen molar-refractivity contribution >= 4 is 29.1 Å². The lowest BCUT2D eigenvalue weighted by molar-refractivity contribution is -0.127. The first-order chi connectivity index (χ1) is 21.8. The fraction of sp³-hybridized carbons (Fsp3) is 0.171. The second-order valence-corrected chi connectivity index (χ2v) is 10.6. The smallest absolute Gasteiger partial charge is 0.255 e. The summed E-state index contributed by atoms with van der Waals surface area (Å²) in [5.74, 6) is -0.236. The summed E-state index contributed by atoms with van der Waals surface area (Å²) < 4.78 is 6.63. The molecule has 228 valence electrons. The maximum Gasteiger partial charge on any atom is 0.255 e. The SMILES string of the molecule is COc1ccc(N(C)C(=O)[C@H](Cc2ccccc2)NC(=O)Cn2cc(-c3ccccc3NC(=O)c3ccc(C)cc3)nn2)cc1. The molecule has 0 fully saturated rings. The maximum atomic E-state index is 13.6. The van der Waals surface area contributed by atoms with Gasteiger partial charge < -0.3 is 20.3 Å². The summed E-state index contributed by atoms with van der Waals surface area (Å²) in [4.78, 5) is 41.3. The minimum absolute atomic E-state index is 0.157. The zero-order valence-corrected chi connectivity index (χ0v) is 25.3. The Labute approximate surface area is 261 Å². The molecule has 1 aromatic heterocycles. The van der Waals surface area contributed by atoms with Crippen LogP contribution >= 0.6 is 0 Å². The third-order valence-corrected chi connectivity index (χ3v) is 7.32. The maximum absolute atomic E-state index is 13.6. The van der Waals surface area contributed by atoms with Crippen molar-refractivity contribution in [2.75, 3.05) is 24.4 Å². The number of carbonyl (C=O) groups is 3. The number of carbonyl (C=O) groups excluding carboxylic acids is 3. The Balaban J connectivity index is 1.29. The number of amides is 3. The summed E-state index contributed by atoms with van der Waals surface area (Å²) in [5, 5.41) is 14.2. The van der Waals surface area contributed by atoms with Gasteiger partial charge in [0.2, 0.25) is 11.8 Å². The van der Waals surface area contributed by atoms with Gasteiger partial charge in [-0.15, -0.1) is 5.10 Å². The largest absolute Gasteiger partial charge is 0.497 e. The van der Waals surface area contributed by atoms with E-state index >= 15 is 0 Å². The van der Waals surface area contributed by atoms with Gasteiger partial charge in [0.05, 0.1) is 19.0 Å². The number of likely N-dealkylation sites (N-methyl/N-ethyl adjacent to an activating group) is 1. The average molecular weight is 603 g/mol. The van der Waals surface area contributed by atoms with E-state index in [2.05, 4.69) is 20.9 Å². The van der Waals surface area contributed by atoms with Crippen LogP contribution in [0.1, 0.15) is 21.5 Å². The second kappa shape index (κ2) is 14.1. The summed E-state index contributed by atoms with van der Waals surface area (Å²) in [6.45, 7) is 1.80. The van der Waals surface area contributed by atoms with Gasteiger partial charge in [0, 0.05) is 30.3 Å². The topological polar surface area (TPSA) is 118 Å². The molecule has 1 atom stereocenters. The molecule has 5 aromatic rings. The molecule has 0 aliphatic rings. The van der Waals surface area contributed by atoms with Gasteiger partial charge >= 0.3 is 0 Å². The molecule has 0 saturated carbocycles. The molecule has 4 aromatic carbocycles. The van der Waals surface area contributed by atoms with Crippen LogP contribution in [0.2, 0.25) is 0 Å². The molecule has 0 aliphatic heterocycles. The number of nitrogens with zero attached hydrogens (tertiary/aromatic N) is 4. The Bertz CT molecular complexity index is 1770. The van der Waals surface area contributed by atoms with Crippen molar-refractivity contribution in [2.24, 2.45) is 0 Å². The number of aryl methyl sites for hydroxylation is 1. The zero-order valence-electron chi connectivity index (χ0n) is 25.3. The number of rotatable bonds is 11. The van der Waals surface area contributed by atoms with Crippen LogP contribution in [0.15, 0.2) is 109 Å². The van der Waals surface area contributed by atoms with Crippen LogP contribution in [-0.2, 0) is 22.6 Å². The van der Waals surface area contributed by atoms with E-state index in [0.717, 1.165) is 11.1 Å². The highest BCUT2D eigenvalue weighted by Gasteiger charge is 2.26. The van der Waals surface area contributed by atoms with Crippen LogP contribution < -0.4 is 20.3 Å². The highest BCUT2D eigenvalue weighted by atomic mass is 16.5. The van der Waals surface area contributed by atoms with Gasteiger partial charge in [0.25, 0.3) is 5.91 Å². The van der Waals surface area contributed by atoms with Crippen LogP contribution in [0.5, 0.6) is 5.75 Å². The van der Waals surface area contributed by atoms with Gasteiger partial charge in [0.15, 0.2) is 0 Å². The van der Waals surface area contributed by atoms with Gasteiger partial charge in [-0.3, -0.25) is 14.4 Å². The molecular formula is C35H34N6O4. The third-order valence-electron chi connectivity index (χ3n) is 7.32. The van der Waals surface area contributed by atoms with Gasteiger partial charge in [-0.2, -0.15) is 0 Å².